The van der Waals surface area contributed by atoms with Gasteiger partial charge in [0.05, 0.1) is 19.6 Å². The van der Waals surface area contributed by atoms with Gasteiger partial charge < -0.3 is 51.9 Å². The number of likely N-dealkylation sites (N-methyl/N-ethyl adjacent to an activating group) is 4. The molecule has 12 rings (SSSR count). The molecule has 0 aliphatic carbocycles. The fourth-order valence-electron chi connectivity index (χ4n) is 9.32. The first-order chi connectivity index (χ1) is 47.3. The zero-order chi connectivity index (χ0) is 73.0. The highest BCUT2D eigenvalue weighted by Gasteiger charge is 2.42. The van der Waals surface area contributed by atoms with Gasteiger partial charge in [-0.2, -0.15) is 0 Å². The van der Waals surface area contributed by atoms with Crippen molar-refractivity contribution in [1.29, 1.82) is 0 Å². The molecule has 4 aliphatic heterocycles. The van der Waals surface area contributed by atoms with Gasteiger partial charge in [-0.3, -0.25) is 36.4 Å². The first-order valence-corrected chi connectivity index (χ1v) is 34.2. The van der Waals surface area contributed by atoms with Crippen LogP contribution < -0.4 is 21.3 Å². The van der Waals surface area contributed by atoms with Gasteiger partial charge in [-0.05, 0) is 97.1 Å². The topological polar surface area (TPSA) is 473 Å². The summed E-state index contributed by atoms with van der Waals surface area (Å²) >= 11 is 0. The molecule has 4 aliphatic rings. The van der Waals surface area contributed by atoms with Crippen molar-refractivity contribution in [3.63, 3.8) is 0 Å². The summed E-state index contributed by atoms with van der Waals surface area (Å²) in [5, 5.41) is 67.0. The fraction of sp³-hybridized carbons (Fsp3) is 0.0625. The molecule has 100 heavy (non-hydrogen) atoms. The van der Waals surface area contributed by atoms with Crippen LogP contribution in [0.4, 0.5) is 23.3 Å². The molecule has 0 bridgehead atoms. The van der Waals surface area contributed by atoms with E-state index in [1.165, 1.54) is 102 Å². The third kappa shape index (κ3) is 15.7. The molecular formula is C64H56N12O20S4. The Labute approximate surface area is 570 Å². The molecule has 0 saturated heterocycles. The summed E-state index contributed by atoms with van der Waals surface area (Å²) in [6, 6.07) is 43.5. The van der Waals surface area contributed by atoms with E-state index >= 15 is 0 Å². The predicted molar refractivity (Wildman–Crippen MR) is 360 cm³/mol. The Morgan fingerprint density at radius 3 is 0.660 bits per heavy atom. The third-order valence-corrected chi connectivity index (χ3v) is 21.4. The number of sulfonamides is 4. The Bertz CT molecular complexity index is 4560. The number of aliphatic hydroxyl groups excluding tert-OH is 4. The number of hydrogen-bond donors (Lipinski definition) is 10. The molecule has 0 radical (unpaired) electrons. The number of fused-ring (bicyclic) bond motifs is 4. The monoisotopic (exact) mass is 1440 g/mol. The van der Waals surface area contributed by atoms with E-state index in [4.69, 9.17) is 10.2 Å². The van der Waals surface area contributed by atoms with Crippen molar-refractivity contribution in [1.82, 2.24) is 37.2 Å². The van der Waals surface area contributed by atoms with Gasteiger partial charge in [0.1, 0.15) is 23.3 Å². The Morgan fingerprint density at radius 2 is 0.490 bits per heavy atom. The van der Waals surface area contributed by atoms with E-state index in [1.807, 2.05) is 0 Å². The molecule has 4 amide bonds. The number of pyridine rings is 4. The Kier molecular flexibility index (Phi) is 22.3. The van der Waals surface area contributed by atoms with Gasteiger partial charge in [-0.15, -0.1) is 0 Å². The van der Waals surface area contributed by atoms with Gasteiger partial charge in [-0.25, -0.2) is 63.2 Å². The van der Waals surface area contributed by atoms with Gasteiger partial charge in [-0.1, -0.05) is 72.8 Å². The summed E-state index contributed by atoms with van der Waals surface area (Å²) in [6.45, 7) is 0. The van der Waals surface area contributed by atoms with E-state index in [-0.39, 0.29) is 87.9 Å². The number of carboxylic acids is 2. The lowest BCUT2D eigenvalue weighted by molar-refractivity contribution is -0.134. The van der Waals surface area contributed by atoms with Crippen molar-refractivity contribution in [2.45, 2.75) is 19.6 Å². The van der Waals surface area contributed by atoms with Gasteiger partial charge >= 0.3 is 11.9 Å². The van der Waals surface area contributed by atoms with Gasteiger partial charge in [0.2, 0.25) is 0 Å². The summed E-state index contributed by atoms with van der Waals surface area (Å²) in [6.07, 6.45) is 7.06. The number of amides is 4. The third-order valence-electron chi connectivity index (χ3n) is 14.1. The zero-order valence-corrected chi connectivity index (χ0v) is 55.5. The minimum Gasteiger partial charge on any atom is -0.505 e. The summed E-state index contributed by atoms with van der Waals surface area (Å²) in [4.78, 5) is 84.3. The second-order valence-corrected chi connectivity index (χ2v) is 28.1. The van der Waals surface area contributed by atoms with E-state index in [0.717, 1.165) is 17.2 Å². The molecule has 0 spiro atoms. The minimum atomic E-state index is -3.91. The van der Waals surface area contributed by atoms with E-state index in [9.17, 15) is 82.9 Å². The second kappa shape index (κ2) is 30.5. The second-order valence-electron chi connectivity index (χ2n) is 20.3. The van der Waals surface area contributed by atoms with Crippen molar-refractivity contribution in [2.75, 3.05) is 49.5 Å². The molecular weight excluding hydrogens is 1390 g/mol. The predicted octanol–water partition coefficient (Wildman–Crippen LogP) is 6.04. The number of aliphatic hydroxyl groups is 4. The van der Waals surface area contributed by atoms with Crippen LogP contribution in [-0.2, 0) is 68.9 Å². The Hall–Kier alpha value is -12.8. The summed E-state index contributed by atoms with van der Waals surface area (Å²) in [7, 11) is -10.8. The molecule has 8 aromatic rings. The molecule has 4 aromatic carbocycles. The molecule has 10 N–H and O–H groups in total. The van der Waals surface area contributed by atoms with Crippen LogP contribution in [-0.4, -0.2) is 165 Å². The number of nitrogens with one attached hydrogen (secondary N) is 4. The number of carbonyl (C=O) groups is 6. The Morgan fingerprint density at radius 1 is 0.310 bits per heavy atom. The number of aliphatic carboxylic acids is 2. The van der Waals surface area contributed by atoms with Crippen LogP contribution >= 0.6 is 0 Å². The number of benzene rings is 4. The van der Waals surface area contributed by atoms with E-state index in [2.05, 4.69) is 41.2 Å². The number of rotatable bonds is 10. The van der Waals surface area contributed by atoms with Crippen LogP contribution in [0.3, 0.4) is 0 Å². The number of aromatic nitrogens is 4. The van der Waals surface area contributed by atoms with Crippen LogP contribution in [0.15, 0.2) is 249 Å². The average molecular weight is 1440 g/mol. The van der Waals surface area contributed by atoms with Crippen molar-refractivity contribution in [2.24, 2.45) is 0 Å². The SMILES string of the molecule is CN1C(C(=O)Nc2ccccn2)=C(O)c2ccccc2S1(=O)=O.CN1C(C(=O)Nc2ccccn2)=C(O)c2ccccc2S1(=O)=O.CN1C(C(=O)Nc2ccccn2)=C(O)c2ccccc2S1(=O)=O.CN1C(C(=O)Nc2ccccn2)=C(O)c2ccccc2S1(=O)=O.O=C(O)/C=C/C(=O)O. The molecule has 0 atom stereocenters. The molecule has 8 heterocycles. The van der Waals surface area contributed by atoms with Crippen LogP contribution in [0.25, 0.3) is 23.0 Å². The number of hydrogen-bond acceptors (Lipinski definition) is 22. The van der Waals surface area contributed by atoms with Crippen molar-refractivity contribution < 1.29 is 93.1 Å². The molecule has 32 nitrogen and oxygen atoms in total. The first-order valence-electron chi connectivity index (χ1n) is 28.4. The molecule has 0 fully saturated rings. The van der Waals surface area contributed by atoms with Gasteiger partial charge in [0.25, 0.3) is 63.7 Å². The van der Waals surface area contributed by atoms with E-state index < -0.39 is 98.7 Å². The maximum Gasteiger partial charge on any atom is 0.328 e. The molecule has 0 saturated carbocycles. The maximum atomic E-state index is 12.5. The first kappa shape index (κ1) is 73.0. The molecule has 4 aromatic heterocycles. The summed E-state index contributed by atoms with van der Waals surface area (Å²) in [5.74, 6) is -6.14. The van der Waals surface area contributed by atoms with Gasteiger partial charge in [0.15, 0.2) is 45.8 Å². The minimum absolute atomic E-state index is 0.0469. The lowest BCUT2D eigenvalue weighted by Crippen LogP contribution is -2.37. The lowest BCUT2D eigenvalue weighted by Gasteiger charge is -2.28. The lowest BCUT2D eigenvalue weighted by atomic mass is 10.1. The highest BCUT2D eigenvalue weighted by atomic mass is 32.2. The smallest absolute Gasteiger partial charge is 0.328 e. The quantitative estimate of drug-likeness (QED) is 0.0698. The fourth-order valence-corrected chi connectivity index (χ4v) is 14.9. The number of nitrogens with zero attached hydrogens (tertiary/aromatic N) is 8. The molecule has 516 valence electrons. The highest BCUT2D eigenvalue weighted by molar-refractivity contribution is 7.90. The largest absolute Gasteiger partial charge is 0.505 e. The standard InChI is InChI=1S/4C15H13N3O4S.C4H4O4/c4*1-18-13(15(20)17-12-8-4-5-9-16-12)14(19)10-6-2-3-7-11(10)23(18,21)22;5-3(6)1-2-4(7)8/h4*2-9,19H,1H3,(H,16,17,20);1-2H,(H,5,6)(H,7,8)/b;;;;2-1+. The number of carboxylic acid groups (broad SMARTS) is 2. The molecule has 36 heteroatoms. The highest BCUT2D eigenvalue weighted by Crippen LogP contribution is 2.39. The number of carbonyl (C=O) groups excluding carboxylic acids is 4. The number of anilines is 4. The normalized spacial score (nSPS) is 15.4. The zero-order valence-electron chi connectivity index (χ0n) is 52.2. The van der Waals surface area contributed by atoms with E-state index in [1.54, 1.807) is 121 Å². The van der Waals surface area contributed by atoms with Crippen molar-refractivity contribution in [3.05, 3.63) is 252 Å². The Balaban J connectivity index is 0.000000163. The average Bonchev–Trinajstić information content (AvgIpc) is 0.769. The van der Waals surface area contributed by atoms with Crippen molar-refractivity contribution in [3.8, 4) is 0 Å². The van der Waals surface area contributed by atoms with Crippen LogP contribution in [0.2, 0.25) is 0 Å². The van der Waals surface area contributed by atoms with Crippen LogP contribution in [0, 0.1) is 0 Å². The summed E-state index contributed by atoms with van der Waals surface area (Å²) < 4.78 is 103. The van der Waals surface area contributed by atoms with Crippen molar-refractivity contribution >= 4 is 122 Å². The van der Waals surface area contributed by atoms with Gasteiger partial charge in [0, 0.05) is 87.4 Å². The summed E-state index contributed by atoms with van der Waals surface area (Å²) in [5.41, 5.74) is -1.03. The van der Waals surface area contributed by atoms with Crippen LogP contribution in [0.1, 0.15) is 22.3 Å². The van der Waals surface area contributed by atoms with E-state index in [0.29, 0.717) is 12.2 Å². The maximum absolute atomic E-state index is 12.5. The van der Waals surface area contributed by atoms with Crippen LogP contribution in [0.5, 0.6) is 0 Å². The molecule has 0 unspecified atom stereocenters.